The molecule has 5 aromatic rings. The molecule has 0 saturated carbocycles. The maximum Gasteiger partial charge on any atom is 0.319 e. The van der Waals surface area contributed by atoms with Gasteiger partial charge in [0.05, 0.1) is 22.4 Å². The van der Waals surface area contributed by atoms with Crippen LogP contribution in [0, 0.1) is 0 Å². The molecule has 3 aromatic carbocycles. The summed E-state index contributed by atoms with van der Waals surface area (Å²) >= 11 is 6.37. The van der Waals surface area contributed by atoms with Crippen molar-refractivity contribution in [3.63, 3.8) is 0 Å². The van der Waals surface area contributed by atoms with Crippen LogP contribution in [-0.4, -0.2) is 58.0 Å². The van der Waals surface area contributed by atoms with E-state index in [-0.39, 0.29) is 48.0 Å². The Bertz CT molecular complexity index is 1630. The molecule has 5 rings (SSSR count). The van der Waals surface area contributed by atoms with E-state index in [1.807, 2.05) is 60.7 Å². The van der Waals surface area contributed by atoms with E-state index in [0.717, 1.165) is 44.3 Å². The number of esters is 2. The lowest BCUT2D eigenvalue weighted by Gasteiger charge is -2.10. The van der Waals surface area contributed by atoms with Crippen molar-refractivity contribution in [3.05, 3.63) is 84.9 Å². The quantitative estimate of drug-likeness (QED) is 0.0565. The number of carbonyl (C=O) groups excluding carboxylic acids is 2. The first-order valence-electron chi connectivity index (χ1n) is 14.1. The largest absolute Gasteiger partial charge is 0.490 e. The van der Waals surface area contributed by atoms with Gasteiger partial charge >= 0.3 is 11.9 Å². The highest BCUT2D eigenvalue weighted by molar-refractivity contribution is 9.10. The molecule has 44 heavy (non-hydrogen) atoms. The van der Waals surface area contributed by atoms with Gasteiger partial charge < -0.3 is 18.9 Å². The Morgan fingerprint density at radius 1 is 0.568 bits per heavy atom. The molecule has 2 atom stereocenters. The van der Waals surface area contributed by atoms with Gasteiger partial charge in [0.25, 0.3) is 0 Å². The highest BCUT2D eigenvalue weighted by Gasteiger charge is 2.12. The molecule has 10 heteroatoms. The van der Waals surface area contributed by atoms with E-state index >= 15 is 0 Å². The van der Waals surface area contributed by atoms with Crippen LogP contribution < -0.4 is 9.47 Å². The summed E-state index contributed by atoms with van der Waals surface area (Å²) in [6.07, 6.45) is 0. The Balaban J connectivity index is 1.29. The van der Waals surface area contributed by atoms with Crippen LogP contribution in [0.2, 0.25) is 0 Å². The minimum Gasteiger partial charge on any atom is -0.490 e. The van der Waals surface area contributed by atoms with Gasteiger partial charge in [-0.15, -0.1) is 0 Å². The molecule has 0 amide bonds. The number of halogens is 2. The molecule has 0 spiro atoms. The molecule has 226 valence electrons. The molecular weight excluding hydrogens is 692 g/mol. The van der Waals surface area contributed by atoms with Crippen molar-refractivity contribution in [1.29, 1.82) is 0 Å². The number of benzene rings is 3. The lowest BCUT2D eigenvalue weighted by Crippen LogP contribution is -2.17. The second-order valence-electron chi connectivity index (χ2n) is 9.91. The Labute approximate surface area is 272 Å². The third-order valence-corrected chi connectivity index (χ3v) is 7.41. The predicted molar refractivity (Wildman–Crippen MR) is 178 cm³/mol. The monoisotopic (exact) mass is 720 g/mol. The van der Waals surface area contributed by atoms with Crippen LogP contribution in [-0.2, 0) is 19.1 Å². The van der Waals surface area contributed by atoms with Crippen LogP contribution in [0.4, 0.5) is 0 Å². The van der Waals surface area contributed by atoms with Crippen LogP contribution in [0.25, 0.3) is 44.3 Å². The maximum atomic E-state index is 11.6. The van der Waals surface area contributed by atoms with Crippen LogP contribution in [0.3, 0.4) is 0 Å². The van der Waals surface area contributed by atoms with E-state index in [0.29, 0.717) is 11.5 Å². The Morgan fingerprint density at radius 2 is 0.932 bits per heavy atom. The average molecular weight is 722 g/mol. The van der Waals surface area contributed by atoms with E-state index in [2.05, 4.69) is 56.1 Å². The fourth-order valence-electron chi connectivity index (χ4n) is 4.37. The van der Waals surface area contributed by atoms with Gasteiger partial charge in [0.2, 0.25) is 0 Å². The van der Waals surface area contributed by atoms with Crippen LogP contribution in [0.1, 0.15) is 13.8 Å². The number of rotatable bonds is 12. The van der Waals surface area contributed by atoms with Gasteiger partial charge in [0.1, 0.15) is 47.6 Å². The van der Waals surface area contributed by atoms with Crippen LogP contribution in [0.5, 0.6) is 11.5 Å². The third kappa shape index (κ3) is 7.92. The first kappa shape index (κ1) is 31.4. The Morgan fingerprint density at radius 3 is 1.30 bits per heavy atom. The Kier molecular flexibility index (Phi) is 10.4. The number of fused-ring (bicyclic) bond motifs is 3. The molecule has 0 fully saturated rings. The molecule has 2 aromatic heterocycles. The molecule has 2 heterocycles. The van der Waals surface area contributed by atoms with Crippen molar-refractivity contribution in [2.45, 2.75) is 23.5 Å². The number of aromatic nitrogens is 2. The lowest BCUT2D eigenvalue weighted by atomic mass is 10.1. The fourth-order valence-corrected chi connectivity index (χ4v) is 4.63. The lowest BCUT2D eigenvalue weighted by molar-refractivity contribution is -0.144. The summed E-state index contributed by atoms with van der Waals surface area (Å²) in [6.45, 7) is 4.33. The van der Waals surface area contributed by atoms with Gasteiger partial charge in [-0.25, -0.2) is 9.97 Å². The summed E-state index contributed by atoms with van der Waals surface area (Å²) in [4.78, 5) is 32.4. The smallest absolute Gasteiger partial charge is 0.319 e. The van der Waals surface area contributed by atoms with Gasteiger partial charge in [-0.1, -0.05) is 56.1 Å². The van der Waals surface area contributed by atoms with Crippen molar-refractivity contribution in [3.8, 4) is 34.0 Å². The van der Waals surface area contributed by atoms with E-state index in [9.17, 15) is 9.59 Å². The van der Waals surface area contributed by atoms with Gasteiger partial charge in [-0.2, -0.15) is 0 Å². The highest BCUT2D eigenvalue weighted by Crippen LogP contribution is 2.30. The molecule has 0 bridgehead atoms. The van der Waals surface area contributed by atoms with E-state index in [4.69, 9.17) is 28.9 Å². The molecule has 0 aliphatic carbocycles. The van der Waals surface area contributed by atoms with Gasteiger partial charge in [0, 0.05) is 21.9 Å². The SMILES string of the molecule is CC(Br)C(=O)OCCOc1ccc(-c2ccc3ccc4ccc(-c5ccc(OCCOC(=O)C(C)Br)cc5)nc4c3n2)cc1. The van der Waals surface area contributed by atoms with E-state index in [1.165, 1.54) is 0 Å². The summed E-state index contributed by atoms with van der Waals surface area (Å²) in [6, 6.07) is 27.5. The summed E-state index contributed by atoms with van der Waals surface area (Å²) in [7, 11) is 0. The molecule has 0 N–H and O–H groups in total. The van der Waals surface area contributed by atoms with Gasteiger partial charge in [0.15, 0.2) is 0 Å². The standard InChI is InChI=1S/C34H30Br2N2O6/c1-21(35)33(39)43-19-17-41-27-11-5-23(6-12-27)29-15-9-25-3-4-26-10-16-30(38-32(26)31(25)37-29)24-7-13-28(14-8-24)42-18-20-44-34(40)22(2)36/h3-16,21-22H,17-20H2,1-2H3. The molecule has 0 aliphatic rings. The minimum atomic E-state index is -0.346. The number of hydrogen-bond donors (Lipinski definition) is 0. The number of alkyl halides is 2. The molecule has 8 nitrogen and oxygen atoms in total. The van der Waals surface area contributed by atoms with E-state index in [1.54, 1.807) is 13.8 Å². The zero-order valence-electron chi connectivity index (χ0n) is 24.2. The van der Waals surface area contributed by atoms with Crippen molar-refractivity contribution >= 4 is 65.6 Å². The molecular formula is C34H30Br2N2O6. The van der Waals surface area contributed by atoms with Crippen LogP contribution >= 0.6 is 31.9 Å². The zero-order chi connectivity index (χ0) is 31.1. The van der Waals surface area contributed by atoms with Crippen LogP contribution in [0.15, 0.2) is 84.9 Å². The summed E-state index contributed by atoms with van der Waals surface area (Å²) < 4.78 is 21.7. The maximum absolute atomic E-state index is 11.6. The molecule has 0 saturated heterocycles. The highest BCUT2D eigenvalue weighted by atomic mass is 79.9. The van der Waals surface area contributed by atoms with Gasteiger partial charge in [-0.05, 0) is 74.5 Å². The number of carbonyl (C=O) groups is 2. The third-order valence-electron chi connectivity index (χ3n) is 6.66. The number of ether oxygens (including phenoxy) is 4. The average Bonchev–Trinajstić information content (AvgIpc) is 3.04. The first-order valence-corrected chi connectivity index (χ1v) is 15.9. The summed E-state index contributed by atoms with van der Waals surface area (Å²) in [5.74, 6) is 0.722. The van der Waals surface area contributed by atoms with Gasteiger partial charge in [-0.3, -0.25) is 9.59 Å². The zero-order valence-corrected chi connectivity index (χ0v) is 27.3. The second-order valence-corrected chi connectivity index (χ2v) is 12.7. The fraction of sp³-hybridized carbons (Fsp3) is 0.235. The molecule has 0 radical (unpaired) electrons. The minimum absolute atomic E-state index is 0.179. The predicted octanol–water partition coefficient (Wildman–Crippen LogP) is 7.53. The number of nitrogens with zero attached hydrogens (tertiary/aromatic N) is 2. The first-order chi connectivity index (χ1) is 21.3. The van der Waals surface area contributed by atoms with E-state index < -0.39 is 0 Å². The van der Waals surface area contributed by atoms with Crippen molar-refractivity contribution in [2.24, 2.45) is 0 Å². The van der Waals surface area contributed by atoms with Crippen molar-refractivity contribution in [1.82, 2.24) is 9.97 Å². The summed E-state index contributed by atoms with van der Waals surface area (Å²) in [5.41, 5.74) is 5.16. The topological polar surface area (TPSA) is 96.8 Å². The normalized spacial score (nSPS) is 12.5. The van der Waals surface area contributed by atoms with Crippen molar-refractivity contribution in [2.75, 3.05) is 26.4 Å². The molecule has 0 aliphatic heterocycles. The number of hydrogen-bond acceptors (Lipinski definition) is 8. The summed E-state index contributed by atoms with van der Waals surface area (Å²) in [5, 5.41) is 1.99. The molecule has 2 unspecified atom stereocenters. The number of pyridine rings is 2. The second kappa shape index (κ2) is 14.6. The van der Waals surface area contributed by atoms with Crippen molar-refractivity contribution < 1.29 is 28.5 Å². The Hall–Kier alpha value is -4.02.